The molecule has 4 saturated heterocycles. The van der Waals surface area contributed by atoms with Gasteiger partial charge in [0.2, 0.25) is 0 Å². The second-order valence-corrected chi connectivity index (χ2v) is 8.19. The average Bonchev–Trinajstić information content (AvgIpc) is 3.13. The fourth-order valence-electron chi connectivity index (χ4n) is 5.55. The quantitative estimate of drug-likeness (QED) is 0.708. The minimum atomic E-state index is -0.913. The Bertz CT molecular complexity index is 973. The normalized spacial score (nSPS) is 30.5. The molecule has 3 atom stereocenters. The van der Waals surface area contributed by atoms with Gasteiger partial charge in [-0.3, -0.25) is 9.69 Å². The molecule has 4 aliphatic rings. The van der Waals surface area contributed by atoms with Crippen LogP contribution < -0.4 is 0 Å². The van der Waals surface area contributed by atoms with E-state index in [4.69, 9.17) is 0 Å². The molecule has 4 heterocycles. The Morgan fingerprint density at radius 2 is 1.69 bits per heavy atom. The minimum Gasteiger partial charge on any atom is -0.333 e. The third-order valence-corrected chi connectivity index (χ3v) is 6.80. The lowest BCUT2D eigenvalue weighted by Gasteiger charge is -2.51. The van der Waals surface area contributed by atoms with Crippen LogP contribution in [0.15, 0.2) is 36.4 Å². The van der Waals surface area contributed by atoms with E-state index in [0.29, 0.717) is 6.07 Å². The molecule has 2 aromatic carbocycles. The molecule has 4 fully saturated rings. The van der Waals surface area contributed by atoms with Crippen LogP contribution in [0.3, 0.4) is 0 Å². The standard InChI is InChI=1S/C22H20F4N2O/c23-13-4-5-15(18(25)10-13)22(29)28-11-16(14-2-1-3-17(24)19(14)26)21-20(28)12-6-8-27(21)9-7-12/h1-5,10,12,16,20-21H,6-9,11H2/t16-,20+,21+/m1/s1. The summed E-state index contributed by atoms with van der Waals surface area (Å²) in [5.41, 5.74) is 0.0596. The number of nitrogens with zero attached hydrogens (tertiary/aromatic N) is 2. The second kappa shape index (κ2) is 6.83. The highest BCUT2D eigenvalue weighted by Crippen LogP contribution is 2.47. The van der Waals surface area contributed by atoms with Gasteiger partial charge in [-0.05, 0) is 55.6 Å². The van der Waals surface area contributed by atoms with E-state index in [9.17, 15) is 22.4 Å². The van der Waals surface area contributed by atoms with E-state index >= 15 is 0 Å². The summed E-state index contributed by atoms with van der Waals surface area (Å²) >= 11 is 0. The molecule has 6 rings (SSSR count). The first-order valence-electron chi connectivity index (χ1n) is 9.89. The van der Waals surface area contributed by atoms with Crippen molar-refractivity contribution in [1.82, 2.24) is 9.80 Å². The van der Waals surface area contributed by atoms with Crippen LogP contribution in [0, 0.1) is 29.2 Å². The number of carbonyl (C=O) groups is 1. The van der Waals surface area contributed by atoms with Crippen LogP contribution in [-0.4, -0.2) is 47.4 Å². The zero-order valence-electron chi connectivity index (χ0n) is 15.6. The number of benzene rings is 2. The van der Waals surface area contributed by atoms with Gasteiger partial charge in [-0.25, -0.2) is 17.6 Å². The third kappa shape index (κ3) is 2.86. The van der Waals surface area contributed by atoms with Crippen LogP contribution in [0.1, 0.15) is 34.7 Å². The minimum absolute atomic E-state index is 0.133. The fraction of sp³-hybridized carbons (Fsp3) is 0.409. The number of halogens is 4. The molecular formula is C22H20F4N2O. The smallest absolute Gasteiger partial charge is 0.257 e. The molecule has 152 valence electrons. The van der Waals surface area contributed by atoms with Gasteiger partial charge in [0, 0.05) is 24.6 Å². The summed E-state index contributed by atoms with van der Waals surface area (Å²) in [6, 6.07) is 6.70. The van der Waals surface area contributed by atoms with Gasteiger partial charge in [0.1, 0.15) is 11.6 Å². The fourth-order valence-corrected chi connectivity index (χ4v) is 5.55. The zero-order chi connectivity index (χ0) is 20.3. The Morgan fingerprint density at radius 3 is 2.41 bits per heavy atom. The Morgan fingerprint density at radius 1 is 0.931 bits per heavy atom. The molecule has 3 nitrogen and oxygen atoms in total. The molecule has 1 amide bonds. The number of amides is 1. The summed E-state index contributed by atoms with van der Waals surface area (Å²) in [7, 11) is 0. The number of hydrogen-bond donors (Lipinski definition) is 0. The lowest BCUT2D eigenvalue weighted by atomic mass is 9.75. The van der Waals surface area contributed by atoms with Crippen molar-refractivity contribution in [2.24, 2.45) is 5.92 Å². The molecule has 0 N–H and O–H groups in total. The Hall–Kier alpha value is -2.41. The van der Waals surface area contributed by atoms with E-state index in [2.05, 4.69) is 4.90 Å². The first-order chi connectivity index (χ1) is 14.0. The largest absolute Gasteiger partial charge is 0.333 e. The molecule has 0 aromatic heterocycles. The molecule has 29 heavy (non-hydrogen) atoms. The van der Waals surface area contributed by atoms with Crippen molar-refractivity contribution in [3.8, 4) is 0 Å². The molecule has 0 unspecified atom stereocenters. The van der Waals surface area contributed by atoms with Gasteiger partial charge < -0.3 is 4.90 Å². The molecule has 0 saturated carbocycles. The zero-order valence-corrected chi connectivity index (χ0v) is 15.6. The summed E-state index contributed by atoms with van der Waals surface area (Å²) in [5, 5.41) is 0. The molecule has 0 radical (unpaired) electrons. The van der Waals surface area contributed by atoms with Gasteiger partial charge in [-0.2, -0.15) is 0 Å². The summed E-state index contributed by atoms with van der Waals surface area (Å²) in [6.07, 6.45) is 1.82. The van der Waals surface area contributed by atoms with E-state index in [0.717, 1.165) is 44.1 Å². The van der Waals surface area contributed by atoms with E-state index in [-0.39, 0.29) is 35.7 Å². The van der Waals surface area contributed by atoms with E-state index < -0.39 is 35.1 Å². The third-order valence-electron chi connectivity index (χ3n) is 6.80. The first kappa shape index (κ1) is 18.6. The highest BCUT2D eigenvalue weighted by atomic mass is 19.2. The summed E-state index contributed by atoms with van der Waals surface area (Å²) in [4.78, 5) is 17.1. The Balaban J connectivity index is 1.56. The number of carbonyl (C=O) groups excluding carboxylic acids is 1. The van der Waals surface area contributed by atoms with Crippen molar-refractivity contribution in [2.45, 2.75) is 30.8 Å². The van der Waals surface area contributed by atoms with E-state index in [1.807, 2.05) is 0 Å². The summed E-state index contributed by atoms with van der Waals surface area (Å²) in [6.45, 7) is 1.89. The summed E-state index contributed by atoms with van der Waals surface area (Å²) < 4.78 is 56.1. The van der Waals surface area contributed by atoms with Crippen molar-refractivity contribution < 1.29 is 22.4 Å². The predicted molar refractivity (Wildman–Crippen MR) is 98.4 cm³/mol. The molecular weight excluding hydrogens is 384 g/mol. The van der Waals surface area contributed by atoms with Gasteiger partial charge in [0.05, 0.1) is 11.6 Å². The monoisotopic (exact) mass is 404 g/mol. The predicted octanol–water partition coefficient (Wildman–Crippen LogP) is 3.95. The molecule has 2 aromatic rings. The highest BCUT2D eigenvalue weighted by Gasteiger charge is 2.55. The topological polar surface area (TPSA) is 23.6 Å². The maximum Gasteiger partial charge on any atom is 0.257 e. The van der Waals surface area contributed by atoms with Gasteiger partial charge in [0.25, 0.3) is 5.91 Å². The van der Waals surface area contributed by atoms with Gasteiger partial charge in [-0.1, -0.05) is 12.1 Å². The van der Waals surface area contributed by atoms with Crippen molar-refractivity contribution in [2.75, 3.05) is 19.6 Å². The number of likely N-dealkylation sites (tertiary alicyclic amines) is 1. The lowest BCUT2D eigenvalue weighted by molar-refractivity contribution is -0.00372. The van der Waals surface area contributed by atoms with Crippen LogP contribution in [0.5, 0.6) is 0 Å². The number of piperidine rings is 3. The van der Waals surface area contributed by atoms with Crippen molar-refractivity contribution >= 4 is 5.91 Å². The van der Waals surface area contributed by atoms with Gasteiger partial charge in [-0.15, -0.1) is 0 Å². The average molecular weight is 404 g/mol. The van der Waals surface area contributed by atoms with E-state index in [1.54, 1.807) is 11.0 Å². The van der Waals surface area contributed by atoms with E-state index in [1.165, 1.54) is 6.07 Å². The van der Waals surface area contributed by atoms with Crippen molar-refractivity contribution in [3.63, 3.8) is 0 Å². The molecule has 2 bridgehead atoms. The first-order valence-corrected chi connectivity index (χ1v) is 9.89. The molecule has 4 aliphatic heterocycles. The van der Waals surface area contributed by atoms with Crippen LogP contribution in [-0.2, 0) is 0 Å². The van der Waals surface area contributed by atoms with Crippen LogP contribution >= 0.6 is 0 Å². The molecule has 7 heteroatoms. The number of fused-ring (bicyclic) bond motifs is 2. The maximum absolute atomic E-state index is 14.6. The highest BCUT2D eigenvalue weighted by molar-refractivity contribution is 5.95. The Kier molecular flexibility index (Phi) is 4.38. The SMILES string of the molecule is O=C(c1ccc(F)cc1F)N1C[C@H](c2cccc(F)c2F)[C@H]2[C@@H]1C1CCN2CC1. The Labute approximate surface area is 165 Å². The van der Waals surface area contributed by atoms with Crippen molar-refractivity contribution in [1.29, 1.82) is 0 Å². The maximum atomic E-state index is 14.6. The van der Waals surface area contributed by atoms with Crippen molar-refractivity contribution in [3.05, 3.63) is 70.8 Å². The number of rotatable bonds is 2. The number of hydrogen-bond acceptors (Lipinski definition) is 2. The summed E-state index contributed by atoms with van der Waals surface area (Å²) in [5.74, 6) is -4.14. The van der Waals surface area contributed by atoms with Crippen LogP contribution in [0.25, 0.3) is 0 Å². The molecule has 0 spiro atoms. The van der Waals surface area contributed by atoms with Gasteiger partial charge >= 0.3 is 0 Å². The van der Waals surface area contributed by atoms with Crippen LogP contribution in [0.2, 0.25) is 0 Å². The molecule has 0 aliphatic carbocycles. The second-order valence-electron chi connectivity index (χ2n) is 8.19. The lowest BCUT2D eigenvalue weighted by Crippen LogP contribution is -2.60. The van der Waals surface area contributed by atoms with Crippen LogP contribution in [0.4, 0.5) is 17.6 Å². The van der Waals surface area contributed by atoms with Gasteiger partial charge in [0.15, 0.2) is 11.6 Å².